The molecule has 0 amide bonds. The van der Waals surface area contributed by atoms with Gasteiger partial charge in [0, 0.05) is 6.21 Å². The Kier molecular flexibility index (Phi) is 10.1. The van der Waals surface area contributed by atoms with E-state index in [4.69, 9.17) is 0 Å². The summed E-state index contributed by atoms with van der Waals surface area (Å²) in [6.07, 6.45) is 8.00. The first kappa shape index (κ1) is 23.7. The molecule has 2 nitrogen and oxygen atoms in total. The van der Waals surface area contributed by atoms with Crippen molar-refractivity contribution in [3.05, 3.63) is 71.8 Å². The zero-order chi connectivity index (χ0) is 17.5. The summed E-state index contributed by atoms with van der Waals surface area (Å²) in [6.45, 7) is 5.60. The maximum absolute atomic E-state index is 3.74. The zero-order valence-corrected chi connectivity index (χ0v) is 18.3. The average molecular weight is 439 g/mol. The predicted molar refractivity (Wildman–Crippen MR) is 105 cm³/mol. The summed E-state index contributed by atoms with van der Waals surface area (Å²) in [5, 5.41) is 1.27. The minimum Gasteiger partial charge on any atom is -1.00 e. The van der Waals surface area contributed by atoms with Crippen LogP contribution >= 0.6 is 0 Å². The van der Waals surface area contributed by atoms with Crippen LogP contribution in [0.2, 0.25) is 5.28 Å². The van der Waals surface area contributed by atoms with E-state index in [0.29, 0.717) is 26.6 Å². The van der Waals surface area contributed by atoms with Gasteiger partial charge in [-0.2, -0.15) is 0 Å². The van der Waals surface area contributed by atoms with Crippen LogP contribution in [-0.4, -0.2) is 19.1 Å². The molecule has 0 saturated heterocycles. The number of hydrogen-bond donors (Lipinski definition) is 0. The third kappa shape index (κ3) is 6.63. The molecule has 1 atom stereocenters. The molecule has 0 radical (unpaired) electrons. The van der Waals surface area contributed by atoms with Gasteiger partial charge in [0.15, 0.2) is 0 Å². The average Bonchev–Trinajstić information content (AvgIpc) is 3.34. The van der Waals surface area contributed by atoms with Crippen molar-refractivity contribution >= 4 is 23.1 Å². The molecule has 2 aromatic rings. The molecule has 4 rings (SSSR count). The fourth-order valence-electron chi connectivity index (χ4n) is 3.04. The van der Waals surface area contributed by atoms with Crippen LogP contribution in [0.4, 0.5) is 0 Å². The molecule has 0 bridgehead atoms. The van der Waals surface area contributed by atoms with Gasteiger partial charge in [-0.3, -0.25) is 4.99 Å². The summed E-state index contributed by atoms with van der Waals surface area (Å²) in [6, 6.07) is 19.7. The quantitative estimate of drug-likeness (QED) is 0.570. The van der Waals surface area contributed by atoms with Crippen LogP contribution in [0.15, 0.2) is 70.7 Å². The summed E-state index contributed by atoms with van der Waals surface area (Å²) in [5.41, 5.74) is 3.22. The van der Waals surface area contributed by atoms with Crippen LogP contribution in [0.1, 0.15) is 30.9 Å². The molecule has 1 aliphatic heterocycles. The van der Waals surface area contributed by atoms with Crippen LogP contribution < -0.4 is 29.2 Å². The number of hydrogen-bond acceptors (Lipinski definition) is 2. The normalized spacial score (nSPS) is 15.9. The maximum Gasteiger partial charge on any atom is -1.00 e. The molecule has 1 aliphatic carbocycles. The van der Waals surface area contributed by atoms with Gasteiger partial charge in [0.2, 0.25) is 0 Å². The van der Waals surface area contributed by atoms with Crippen molar-refractivity contribution in [2.75, 3.05) is 6.54 Å². The summed E-state index contributed by atoms with van der Waals surface area (Å²) in [4.78, 5) is 7.40. The van der Waals surface area contributed by atoms with E-state index in [-0.39, 0.29) is 24.8 Å². The molecule has 0 saturated carbocycles. The number of allylic oxidation sites excluding steroid dienone is 1. The first-order valence-corrected chi connectivity index (χ1v) is 10.2. The van der Waals surface area contributed by atoms with Crippen LogP contribution in [0.5, 0.6) is 0 Å². The van der Waals surface area contributed by atoms with Gasteiger partial charge in [0.25, 0.3) is 0 Å². The zero-order valence-electron chi connectivity index (χ0n) is 15.6. The standard InChI is InChI=1S/C13H15.C6H5.C3H4N2.2ClH.Cr/c1-13(2,3)12-9-8-10-6-4-5-7-11(10)12;1-2-4-6-5-3-1;1-2-5-3-4-1;;;/h4-9,12H,1H2,2-3H3;1-5H;1,3H,2H2;2*1H;/q;;;;;+2/p-2. The van der Waals surface area contributed by atoms with E-state index in [0.717, 1.165) is 6.54 Å². The van der Waals surface area contributed by atoms with E-state index in [1.807, 2.05) is 0 Å². The van der Waals surface area contributed by atoms with Gasteiger partial charge in [-0.25, -0.2) is 4.99 Å². The Morgan fingerprint density at radius 1 is 1.00 bits per heavy atom. The van der Waals surface area contributed by atoms with Gasteiger partial charge in [0.05, 0.1) is 6.54 Å². The molecule has 0 aromatic heterocycles. The molecule has 5 heteroatoms. The molecule has 27 heavy (non-hydrogen) atoms. The summed E-state index contributed by atoms with van der Waals surface area (Å²) < 4.78 is 1.50. The fourth-order valence-corrected chi connectivity index (χ4v) is 4.71. The molecule has 1 heterocycles. The predicted octanol–water partition coefficient (Wildman–Crippen LogP) is -1.24. The number of fused-ring (bicyclic) bond motifs is 1. The van der Waals surface area contributed by atoms with Crippen LogP contribution in [-0.2, 0) is 15.2 Å². The Morgan fingerprint density at radius 2 is 1.70 bits per heavy atom. The second-order valence-corrected chi connectivity index (χ2v) is 8.51. The number of aliphatic imine (C=N–C) groups is 2. The second kappa shape index (κ2) is 11.5. The summed E-state index contributed by atoms with van der Waals surface area (Å²) >= 11 is 0.552. The molecule has 1 unspecified atom stereocenters. The van der Waals surface area contributed by atoms with Gasteiger partial charge < -0.3 is 24.8 Å². The number of rotatable bonds is 4. The van der Waals surface area contributed by atoms with E-state index in [1.165, 1.54) is 20.8 Å². The number of benzene rings is 2. The van der Waals surface area contributed by atoms with Crippen molar-refractivity contribution in [3.8, 4) is 0 Å². The van der Waals surface area contributed by atoms with Gasteiger partial charge in [0.1, 0.15) is 6.34 Å². The van der Waals surface area contributed by atoms with Crippen molar-refractivity contribution in [1.29, 1.82) is 0 Å². The SMILES string of the molecule is C1=NC=NC1.CC(C)([CH2][Cr+2][c]1ccccc1)C1C=Cc2ccccc21.[Cl-].[Cl-]. The summed E-state index contributed by atoms with van der Waals surface area (Å²) in [5.74, 6) is 0.560. The van der Waals surface area contributed by atoms with E-state index >= 15 is 0 Å². The first-order chi connectivity index (χ1) is 12.2. The Morgan fingerprint density at radius 3 is 2.33 bits per heavy atom. The van der Waals surface area contributed by atoms with Crippen LogP contribution in [0, 0.1) is 5.41 Å². The van der Waals surface area contributed by atoms with Crippen molar-refractivity contribution in [1.82, 2.24) is 0 Å². The third-order valence-corrected chi connectivity index (χ3v) is 6.77. The van der Waals surface area contributed by atoms with Crippen molar-refractivity contribution in [2.45, 2.75) is 25.0 Å². The minimum atomic E-state index is 0. The van der Waals surface area contributed by atoms with Crippen molar-refractivity contribution in [3.63, 3.8) is 0 Å². The molecule has 2 aliphatic rings. The van der Waals surface area contributed by atoms with E-state index in [9.17, 15) is 0 Å². The van der Waals surface area contributed by atoms with Gasteiger partial charge in [-0.15, -0.1) is 0 Å². The topological polar surface area (TPSA) is 24.7 Å². The molecule has 2 aromatic carbocycles. The Bertz CT molecular complexity index is 776. The van der Waals surface area contributed by atoms with Crippen LogP contribution in [0.3, 0.4) is 0 Å². The number of halogens is 2. The molecule has 0 fully saturated rings. The van der Waals surface area contributed by atoms with Gasteiger partial charge in [-0.1, -0.05) is 0 Å². The fraction of sp³-hybridized carbons (Fsp3) is 0.273. The second-order valence-electron chi connectivity index (χ2n) is 6.87. The Labute approximate surface area is 181 Å². The van der Waals surface area contributed by atoms with Gasteiger partial charge >= 0.3 is 128 Å². The van der Waals surface area contributed by atoms with Crippen LogP contribution in [0.25, 0.3) is 6.08 Å². The van der Waals surface area contributed by atoms with Crippen molar-refractivity contribution < 1.29 is 40.0 Å². The van der Waals surface area contributed by atoms with Gasteiger partial charge in [-0.05, 0) is 0 Å². The van der Waals surface area contributed by atoms with Crippen molar-refractivity contribution in [2.24, 2.45) is 15.4 Å². The molecular formula is C22H24Cl2CrN2. The smallest absolute Gasteiger partial charge is 1.00 e. The Hall–Kier alpha value is -1.37. The third-order valence-electron chi connectivity index (χ3n) is 4.44. The van der Waals surface area contributed by atoms with E-state index in [1.54, 1.807) is 12.6 Å². The largest absolute Gasteiger partial charge is 1.00 e. The minimum absolute atomic E-state index is 0. The molecular weight excluding hydrogens is 415 g/mol. The Balaban J connectivity index is 0.000000455. The molecule has 0 N–H and O–H groups in total. The summed E-state index contributed by atoms with van der Waals surface area (Å²) in [7, 11) is 0. The maximum atomic E-state index is 3.74. The first-order valence-electron chi connectivity index (χ1n) is 8.62. The molecule has 142 valence electrons. The van der Waals surface area contributed by atoms with E-state index in [2.05, 4.69) is 90.6 Å². The van der Waals surface area contributed by atoms with E-state index < -0.39 is 0 Å². The molecule has 0 spiro atoms. The monoisotopic (exact) mass is 438 g/mol. The number of nitrogens with zero attached hydrogens (tertiary/aromatic N) is 2.